The van der Waals surface area contributed by atoms with Gasteiger partial charge >= 0.3 is 5.97 Å². The van der Waals surface area contributed by atoms with Crippen LogP contribution in [0.5, 0.6) is 0 Å². The normalized spacial score (nSPS) is 10.7. The average molecular weight is 275 g/mol. The third-order valence-corrected chi connectivity index (χ3v) is 3.25. The molecule has 0 saturated carbocycles. The second kappa shape index (κ2) is 5.45. The molecule has 0 aliphatic heterocycles. The molecule has 3 heteroatoms. The highest BCUT2D eigenvalue weighted by Gasteiger charge is 2.08. The van der Waals surface area contributed by atoms with E-state index in [1.54, 1.807) is 12.1 Å². The van der Waals surface area contributed by atoms with Crippen LogP contribution in [0.3, 0.4) is 0 Å². The summed E-state index contributed by atoms with van der Waals surface area (Å²) in [4.78, 5) is 11.1. The van der Waals surface area contributed by atoms with E-state index in [2.05, 4.69) is 26.0 Å². The summed E-state index contributed by atoms with van der Waals surface area (Å²) < 4.78 is 0. The number of benzene rings is 2. The van der Waals surface area contributed by atoms with Gasteiger partial charge in [0.25, 0.3) is 0 Å². The first-order chi connectivity index (χ1) is 8.97. The average Bonchev–Trinajstić information content (AvgIpc) is 2.38. The maximum absolute atomic E-state index is 11.1. The fraction of sp³-hybridized carbons (Fsp3) is 0.188. The number of carboxylic acids is 1. The molecular weight excluding hydrogens is 260 g/mol. The number of rotatable bonds is 3. The van der Waals surface area contributed by atoms with Gasteiger partial charge in [-0.3, -0.25) is 0 Å². The van der Waals surface area contributed by atoms with Gasteiger partial charge in [-0.15, -0.1) is 0 Å². The van der Waals surface area contributed by atoms with Crippen molar-refractivity contribution in [3.05, 3.63) is 58.6 Å². The van der Waals surface area contributed by atoms with E-state index in [0.717, 1.165) is 11.1 Å². The number of carbonyl (C=O) groups is 1. The lowest BCUT2D eigenvalue weighted by Crippen LogP contribution is -1.96. The molecule has 0 radical (unpaired) electrons. The molecule has 0 heterocycles. The Hall–Kier alpha value is -1.80. The Morgan fingerprint density at radius 2 is 1.84 bits per heavy atom. The fourth-order valence-corrected chi connectivity index (χ4v) is 2.19. The molecule has 0 aliphatic rings. The minimum Gasteiger partial charge on any atom is -0.478 e. The smallest absolute Gasteiger partial charge is 0.335 e. The van der Waals surface area contributed by atoms with E-state index in [1.165, 1.54) is 11.6 Å². The van der Waals surface area contributed by atoms with Crippen molar-refractivity contribution in [2.24, 2.45) is 0 Å². The molecule has 98 valence electrons. The van der Waals surface area contributed by atoms with Crippen LogP contribution in [0.25, 0.3) is 11.1 Å². The SMILES string of the molecule is CC(C)c1cccc(-c2cc(Cl)cc(C(=O)O)c2)c1. The number of halogens is 1. The van der Waals surface area contributed by atoms with Crippen molar-refractivity contribution >= 4 is 17.6 Å². The third kappa shape index (κ3) is 3.15. The predicted molar refractivity (Wildman–Crippen MR) is 77.9 cm³/mol. The molecule has 0 fully saturated rings. The Balaban J connectivity index is 2.52. The van der Waals surface area contributed by atoms with Gasteiger partial charge in [0.1, 0.15) is 0 Å². The molecule has 0 aromatic heterocycles. The van der Waals surface area contributed by atoms with Gasteiger partial charge in [0.15, 0.2) is 0 Å². The Kier molecular flexibility index (Phi) is 3.91. The molecule has 2 aromatic rings. The summed E-state index contributed by atoms with van der Waals surface area (Å²) >= 11 is 5.98. The van der Waals surface area contributed by atoms with Crippen LogP contribution >= 0.6 is 11.6 Å². The predicted octanol–water partition coefficient (Wildman–Crippen LogP) is 4.83. The molecule has 0 aliphatic carbocycles. The monoisotopic (exact) mass is 274 g/mol. The highest BCUT2D eigenvalue weighted by molar-refractivity contribution is 6.31. The third-order valence-electron chi connectivity index (χ3n) is 3.03. The number of hydrogen-bond acceptors (Lipinski definition) is 1. The van der Waals surface area contributed by atoms with E-state index >= 15 is 0 Å². The van der Waals surface area contributed by atoms with Gasteiger partial charge < -0.3 is 5.11 Å². The molecule has 0 saturated heterocycles. The van der Waals surface area contributed by atoms with Gasteiger partial charge in [-0.1, -0.05) is 49.7 Å². The largest absolute Gasteiger partial charge is 0.478 e. The van der Waals surface area contributed by atoms with Crippen LogP contribution in [0.2, 0.25) is 5.02 Å². The molecule has 0 bridgehead atoms. The summed E-state index contributed by atoms with van der Waals surface area (Å²) in [6, 6.07) is 13.0. The lowest BCUT2D eigenvalue weighted by molar-refractivity contribution is 0.0697. The van der Waals surface area contributed by atoms with Crippen LogP contribution < -0.4 is 0 Å². The van der Waals surface area contributed by atoms with E-state index in [0.29, 0.717) is 10.9 Å². The van der Waals surface area contributed by atoms with Crippen molar-refractivity contribution in [3.8, 4) is 11.1 Å². The molecule has 2 nitrogen and oxygen atoms in total. The summed E-state index contributed by atoms with van der Waals surface area (Å²) in [5.41, 5.74) is 3.23. The minimum atomic E-state index is -0.969. The van der Waals surface area contributed by atoms with Gasteiger partial charge in [0.05, 0.1) is 5.56 Å². The quantitative estimate of drug-likeness (QED) is 0.870. The van der Waals surface area contributed by atoms with Crippen LogP contribution in [-0.2, 0) is 0 Å². The van der Waals surface area contributed by atoms with Crippen LogP contribution in [0.1, 0.15) is 35.7 Å². The highest BCUT2D eigenvalue weighted by Crippen LogP contribution is 2.27. The Bertz CT molecular complexity index is 618. The maximum atomic E-state index is 11.1. The van der Waals surface area contributed by atoms with Gasteiger partial charge in [0, 0.05) is 5.02 Å². The van der Waals surface area contributed by atoms with Crippen molar-refractivity contribution in [2.45, 2.75) is 19.8 Å². The number of carboxylic acid groups (broad SMARTS) is 1. The van der Waals surface area contributed by atoms with E-state index in [4.69, 9.17) is 16.7 Å². The zero-order valence-corrected chi connectivity index (χ0v) is 11.6. The lowest BCUT2D eigenvalue weighted by atomic mass is 9.96. The second-order valence-corrected chi connectivity index (χ2v) is 5.25. The molecule has 2 aromatic carbocycles. The lowest BCUT2D eigenvalue weighted by Gasteiger charge is -2.09. The van der Waals surface area contributed by atoms with Gasteiger partial charge in [0.2, 0.25) is 0 Å². The molecule has 0 spiro atoms. The summed E-state index contributed by atoms with van der Waals surface area (Å²) in [7, 11) is 0. The number of hydrogen-bond donors (Lipinski definition) is 1. The van der Waals surface area contributed by atoms with Crippen LogP contribution in [-0.4, -0.2) is 11.1 Å². The highest BCUT2D eigenvalue weighted by atomic mass is 35.5. The Labute approximate surface area is 117 Å². The maximum Gasteiger partial charge on any atom is 0.335 e. The second-order valence-electron chi connectivity index (χ2n) is 4.81. The standard InChI is InChI=1S/C16H15ClO2/c1-10(2)11-4-3-5-12(6-11)13-7-14(16(18)19)9-15(17)8-13/h3-10H,1-2H3,(H,18,19). The number of aromatic carboxylic acids is 1. The van der Waals surface area contributed by atoms with Crippen molar-refractivity contribution in [2.75, 3.05) is 0 Å². The molecule has 1 N–H and O–H groups in total. The molecule has 19 heavy (non-hydrogen) atoms. The summed E-state index contributed by atoms with van der Waals surface area (Å²) in [6.07, 6.45) is 0. The zero-order valence-electron chi connectivity index (χ0n) is 10.9. The summed E-state index contributed by atoms with van der Waals surface area (Å²) in [5.74, 6) is -0.540. The van der Waals surface area contributed by atoms with E-state index in [1.807, 2.05) is 12.1 Å². The molecular formula is C16H15ClO2. The van der Waals surface area contributed by atoms with Crippen LogP contribution in [0, 0.1) is 0 Å². The fourth-order valence-electron chi connectivity index (χ4n) is 1.96. The first-order valence-corrected chi connectivity index (χ1v) is 6.49. The topological polar surface area (TPSA) is 37.3 Å². The van der Waals surface area contributed by atoms with Gasteiger partial charge in [-0.25, -0.2) is 4.79 Å². The molecule has 2 rings (SSSR count). The molecule has 0 unspecified atom stereocenters. The summed E-state index contributed by atoms with van der Waals surface area (Å²) in [6.45, 7) is 4.25. The molecule has 0 amide bonds. The minimum absolute atomic E-state index is 0.206. The van der Waals surface area contributed by atoms with E-state index < -0.39 is 5.97 Å². The Morgan fingerprint density at radius 1 is 1.11 bits per heavy atom. The van der Waals surface area contributed by atoms with Gasteiger partial charge in [-0.05, 0) is 40.8 Å². The Morgan fingerprint density at radius 3 is 2.47 bits per heavy atom. The van der Waals surface area contributed by atoms with E-state index in [9.17, 15) is 4.79 Å². The van der Waals surface area contributed by atoms with Crippen LogP contribution in [0.4, 0.5) is 0 Å². The van der Waals surface area contributed by atoms with Gasteiger partial charge in [-0.2, -0.15) is 0 Å². The first-order valence-electron chi connectivity index (χ1n) is 6.11. The van der Waals surface area contributed by atoms with Crippen molar-refractivity contribution in [1.29, 1.82) is 0 Å². The first kappa shape index (κ1) is 13.6. The van der Waals surface area contributed by atoms with Crippen LogP contribution in [0.15, 0.2) is 42.5 Å². The van der Waals surface area contributed by atoms with E-state index in [-0.39, 0.29) is 5.56 Å². The van der Waals surface area contributed by atoms with Crippen molar-refractivity contribution < 1.29 is 9.90 Å². The van der Waals surface area contributed by atoms with Crippen molar-refractivity contribution in [3.63, 3.8) is 0 Å². The van der Waals surface area contributed by atoms with Crippen molar-refractivity contribution in [1.82, 2.24) is 0 Å². The summed E-state index contributed by atoms with van der Waals surface area (Å²) in [5, 5.41) is 9.50. The molecule has 0 atom stereocenters. The zero-order chi connectivity index (χ0) is 14.0.